The van der Waals surface area contributed by atoms with Gasteiger partial charge in [-0.15, -0.1) is 0 Å². The summed E-state index contributed by atoms with van der Waals surface area (Å²) in [6, 6.07) is 30.8. The van der Waals surface area contributed by atoms with Crippen LogP contribution in [0, 0.1) is 32.6 Å². The summed E-state index contributed by atoms with van der Waals surface area (Å²) in [6.45, 7) is 32.1. The molecule has 1 N–H and O–H groups in total. The molecule has 0 unspecified atom stereocenters. The van der Waals surface area contributed by atoms with Crippen molar-refractivity contribution < 1.29 is 4.74 Å². The number of aryl methyl sites for hydroxylation is 3. The van der Waals surface area contributed by atoms with E-state index in [0.29, 0.717) is 0 Å². The van der Waals surface area contributed by atoms with Gasteiger partial charge in [-0.1, -0.05) is 194 Å². The third-order valence-electron chi connectivity index (χ3n) is 7.79. The Morgan fingerprint density at radius 1 is 0.725 bits per heavy atom. The van der Waals surface area contributed by atoms with Gasteiger partial charge in [0.05, 0.1) is 13.2 Å². The maximum absolute atomic E-state index is 6.04. The SMILES string of the molecule is C/C=C(/CN(CC)/C(C)=C(/C)OCCC1CCCCC1)NC.CC.CC.CC(C)C.Cc1ccccc1.Cc1ccccc1.Cc1ccccc1. The van der Waals surface area contributed by atoms with E-state index in [1.165, 1.54) is 66.6 Å². The molecule has 0 aliphatic heterocycles. The number of benzene rings is 3. The maximum Gasteiger partial charge on any atom is 0.112 e. The molecule has 1 aliphatic carbocycles. The zero-order chi connectivity index (χ0) is 39.3. The molecule has 1 fully saturated rings. The third kappa shape index (κ3) is 33.4. The molecule has 0 spiro atoms. The van der Waals surface area contributed by atoms with E-state index in [2.05, 4.69) is 122 Å². The summed E-state index contributed by atoms with van der Waals surface area (Å²) in [4.78, 5) is 2.36. The first-order chi connectivity index (χ1) is 24.5. The molecule has 0 radical (unpaired) electrons. The molecule has 0 bridgehead atoms. The Morgan fingerprint density at radius 3 is 1.37 bits per heavy atom. The zero-order valence-electron chi connectivity index (χ0n) is 36.1. The van der Waals surface area contributed by atoms with Crippen molar-refractivity contribution in [2.75, 3.05) is 26.7 Å². The van der Waals surface area contributed by atoms with Gasteiger partial charge in [-0.05, 0) is 66.7 Å². The molecule has 3 nitrogen and oxygen atoms in total. The monoisotopic (exact) mass is 703 g/mol. The summed E-state index contributed by atoms with van der Waals surface area (Å²) in [5.41, 5.74) is 6.46. The lowest BCUT2D eigenvalue weighted by Crippen LogP contribution is -2.28. The molecule has 0 saturated heterocycles. The van der Waals surface area contributed by atoms with E-state index >= 15 is 0 Å². The van der Waals surface area contributed by atoms with Gasteiger partial charge in [-0.25, -0.2) is 0 Å². The number of ether oxygens (including phenoxy) is 1. The number of hydrogen-bond donors (Lipinski definition) is 1. The molecule has 0 heterocycles. The van der Waals surface area contributed by atoms with Crippen molar-refractivity contribution in [3.05, 3.63) is 131 Å². The Labute approximate surface area is 319 Å². The molecular formula is C48H82N2O. The minimum absolute atomic E-state index is 0.833. The average molecular weight is 703 g/mol. The highest BCUT2D eigenvalue weighted by atomic mass is 16.5. The number of hydrogen-bond acceptors (Lipinski definition) is 3. The molecule has 0 atom stereocenters. The van der Waals surface area contributed by atoms with Crippen LogP contribution in [0.4, 0.5) is 0 Å². The van der Waals surface area contributed by atoms with Gasteiger partial charge in [0.1, 0.15) is 5.76 Å². The van der Waals surface area contributed by atoms with Crippen molar-refractivity contribution in [3.8, 4) is 0 Å². The Hall–Kier alpha value is -3.46. The molecular weight excluding hydrogens is 621 g/mol. The highest BCUT2D eigenvalue weighted by Gasteiger charge is 2.14. The van der Waals surface area contributed by atoms with Gasteiger partial charge < -0.3 is 15.0 Å². The minimum Gasteiger partial charge on any atom is -0.496 e. The van der Waals surface area contributed by atoms with Crippen LogP contribution in [0.5, 0.6) is 0 Å². The Morgan fingerprint density at radius 2 is 1.10 bits per heavy atom. The van der Waals surface area contributed by atoms with Crippen LogP contribution in [0.25, 0.3) is 0 Å². The van der Waals surface area contributed by atoms with Crippen molar-refractivity contribution in [1.82, 2.24) is 10.2 Å². The van der Waals surface area contributed by atoms with E-state index < -0.39 is 0 Å². The quantitative estimate of drug-likeness (QED) is 0.225. The molecule has 3 aromatic rings. The van der Waals surface area contributed by atoms with Crippen molar-refractivity contribution in [3.63, 3.8) is 0 Å². The summed E-state index contributed by atoms with van der Waals surface area (Å²) in [6.07, 6.45) is 10.4. The molecule has 290 valence electrons. The third-order valence-corrected chi connectivity index (χ3v) is 7.79. The van der Waals surface area contributed by atoms with Gasteiger partial charge in [-0.2, -0.15) is 0 Å². The topological polar surface area (TPSA) is 24.5 Å². The van der Waals surface area contributed by atoms with Crippen LogP contribution in [0.3, 0.4) is 0 Å². The van der Waals surface area contributed by atoms with Crippen LogP contribution in [0.1, 0.15) is 131 Å². The van der Waals surface area contributed by atoms with Crippen molar-refractivity contribution in [2.24, 2.45) is 11.8 Å². The molecule has 1 saturated carbocycles. The largest absolute Gasteiger partial charge is 0.496 e. The number of allylic oxidation sites excluding steroid dienone is 3. The van der Waals surface area contributed by atoms with Gasteiger partial charge in [0, 0.05) is 25.0 Å². The molecule has 51 heavy (non-hydrogen) atoms. The second-order valence-corrected chi connectivity index (χ2v) is 13.1. The lowest BCUT2D eigenvalue weighted by atomic mass is 9.87. The molecule has 3 aromatic carbocycles. The first kappa shape index (κ1) is 51.9. The summed E-state index contributed by atoms with van der Waals surface area (Å²) in [5.74, 6) is 2.80. The molecule has 0 amide bonds. The van der Waals surface area contributed by atoms with Gasteiger partial charge in [0.2, 0.25) is 0 Å². The fourth-order valence-corrected chi connectivity index (χ4v) is 4.77. The van der Waals surface area contributed by atoms with Crippen molar-refractivity contribution in [2.45, 2.75) is 135 Å². The van der Waals surface area contributed by atoms with Gasteiger partial charge >= 0.3 is 0 Å². The average Bonchev–Trinajstić information content (AvgIpc) is 3.15. The van der Waals surface area contributed by atoms with Crippen LogP contribution in [-0.2, 0) is 4.74 Å². The summed E-state index contributed by atoms with van der Waals surface area (Å²) in [7, 11) is 1.98. The van der Waals surface area contributed by atoms with Gasteiger partial charge in [-0.3, -0.25) is 0 Å². The number of nitrogens with one attached hydrogen (secondary N) is 1. The van der Waals surface area contributed by atoms with Crippen LogP contribution >= 0.6 is 0 Å². The maximum atomic E-state index is 6.04. The molecule has 0 aromatic heterocycles. The van der Waals surface area contributed by atoms with Crippen LogP contribution in [0.15, 0.2) is 114 Å². The Kier molecular flexibility index (Phi) is 38.5. The predicted molar refractivity (Wildman–Crippen MR) is 232 cm³/mol. The smallest absolute Gasteiger partial charge is 0.112 e. The lowest BCUT2D eigenvalue weighted by molar-refractivity contribution is 0.167. The lowest BCUT2D eigenvalue weighted by Gasteiger charge is -2.27. The predicted octanol–water partition coefficient (Wildman–Crippen LogP) is 14.4. The number of nitrogens with zero attached hydrogens (tertiary/aromatic N) is 1. The Bertz CT molecular complexity index is 1070. The first-order valence-electron chi connectivity index (χ1n) is 20.0. The summed E-state index contributed by atoms with van der Waals surface area (Å²) >= 11 is 0. The van der Waals surface area contributed by atoms with E-state index in [9.17, 15) is 0 Å². The first-order valence-corrected chi connectivity index (χ1v) is 20.0. The second kappa shape index (κ2) is 37.8. The highest BCUT2D eigenvalue weighted by molar-refractivity contribution is 5.13. The summed E-state index contributed by atoms with van der Waals surface area (Å²) < 4.78 is 6.04. The van der Waals surface area contributed by atoms with E-state index in [1.807, 2.05) is 89.3 Å². The van der Waals surface area contributed by atoms with Crippen LogP contribution in [-0.4, -0.2) is 31.6 Å². The Balaban J connectivity index is -0.000000643. The van der Waals surface area contributed by atoms with E-state index in [1.54, 1.807) is 0 Å². The second-order valence-electron chi connectivity index (χ2n) is 13.1. The van der Waals surface area contributed by atoms with E-state index in [4.69, 9.17) is 4.74 Å². The standard InChI is InChI=1S/C19H36N2O.3C7H8.C4H10.2C2H6/c1-6-19(20-5)15-21(7-2)16(3)17(4)22-14-13-18-11-9-8-10-12-18;3*1-7-5-3-2-4-6-7;1-4(2)3;2*1-2/h6,18,20H,7-15H2,1-5H3;3*2-6H,1H3;4H,1-3H3;2*1-2H3/b17-16-,19-6-;;;;;;. The summed E-state index contributed by atoms with van der Waals surface area (Å²) in [5, 5.41) is 3.25. The van der Waals surface area contributed by atoms with Gasteiger partial charge in [0.15, 0.2) is 0 Å². The van der Waals surface area contributed by atoms with Gasteiger partial charge in [0.25, 0.3) is 0 Å². The van der Waals surface area contributed by atoms with E-state index in [-0.39, 0.29) is 0 Å². The molecule has 4 rings (SSSR count). The normalized spacial score (nSPS) is 12.3. The fourth-order valence-electron chi connectivity index (χ4n) is 4.77. The van der Waals surface area contributed by atoms with Crippen LogP contribution < -0.4 is 5.32 Å². The zero-order valence-corrected chi connectivity index (χ0v) is 36.1. The number of rotatable bonds is 9. The van der Waals surface area contributed by atoms with Crippen LogP contribution in [0.2, 0.25) is 0 Å². The minimum atomic E-state index is 0.833. The molecule has 3 heteroatoms. The van der Waals surface area contributed by atoms with E-state index in [0.717, 1.165) is 37.3 Å². The highest BCUT2D eigenvalue weighted by Crippen LogP contribution is 2.26. The number of likely N-dealkylation sites (N-methyl/N-ethyl adjacent to an activating group) is 2. The molecule has 1 aliphatic rings. The van der Waals surface area contributed by atoms with Crippen molar-refractivity contribution in [1.29, 1.82) is 0 Å². The fraction of sp³-hybridized carbons (Fsp3) is 0.542. The van der Waals surface area contributed by atoms with Crippen molar-refractivity contribution >= 4 is 0 Å².